The van der Waals surface area contributed by atoms with Crippen LogP contribution in [0.25, 0.3) is 0 Å². The van der Waals surface area contributed by atoms with Crippen LogP contribution in [0.2, 0.25) is 0 Å². The fraction of sp³-hybridized carbons (Fsp3) is 0.500. The number of benzene rings is 1. The first-order valence-electron chi connectivity index (χ1n) is 6.31. The summed E-state index contributed by atoms with van der Waals surface area (Å²) in [5.74, 6) is 0.601. The molecule has 0 bridgehead atoms. The van der Waals surface area contributed by atoms with Gasteiger partial charge in [0.1, 0.15) is 0 Å². The number of hydrogen-bond acceptors (Lipinski definition) is 3. The Kier molecular flexibility index (Phi) is 6.83. The van der Waals surface area contributed by atoms with Crippen LogP contribution in [0.15, 0.2) is 23.1 Å². The zero-order valence-corrected chi connectivity index (χ0v) is 12.2. The number of rotatable bonds is 7. The van der Waals surface area contributed by atoms with Crippen molar-refractivity contribution in [2.75, 3.05) is 19.3 Å². The van der Waals surface area contributed by atoms with Crippen molar-refractivity contribution in [2.24, 2.45) is 0 Å². The van der Waals surface area contributed by atoms with Gasteiger partial charge in [0.15, 0.2) is 0 Å². The Morgan fingerprint density at radius 1 is 1.39 bits per heavy atom. The van der Waals surface area contributed by atoms with Crippen LogP contribution in [-0.4, -0.2) is 25.3 Å². The lowest BCUT2D eigenvalue weighted by Crippen LogP contribution is -2.25. The summed E-state index contributed by atoms with van der Waals surface area (Å²) in [5.41, 5.74) is 2.57. The minimum atomic E-state index is 0.110. The summed E-state index contributed by atoms with van der Waals surface area (Å²) in [6.07, 6.45) is 0.980. The van der Waals surface area contributed by atoms with Crippen molar-refractivity contribution in [1.29, 1.82) is 0 Å². The van der Waals surface area contributed by atoms with Crippen molar-refractivity contribution in [1.82, 2.24) is 10.6 Å². The number of hydrogen-bond donors (Lipinski definition) is 2. The van der Waals surface area contributed by atoms with Crippen LogP contribution in [-0.2, 0) is 11.3 Å². The summed E-state index contributed by atoms with van der Waals surface area (Å²) in [4.78, 5) is 12.6. The number of thioether (sulfide) groups is 1. The molecule has 0 aliphatic heterocycles. The molecule has 0 fully saturated rings. The monoisotopic (exact) mass is 266 g/mol. The highest BCUT2D eigenvalue weighted by molar-refractivity contribution is 8.00. The summed E-state index contributed by atoms with van der Waals surface area (Å²) in [7, 11) is 1.94. The van der Waals surface area contributed by atoms with Crippen molar-refractivity contribution < 1.29 is 4.79 Å². The Labute approximate surface area is 114 Å². The molecule has 0 unspecified atom stereocenters. The molecule has 0 spiro atoms. The number of carbonyl (C=O) groups is 1. The third-order valence-corrected chi connectivity index (χ3v) is 3.62. The minimum absolute atomic E-state index is 0.110. The maximum Gasteiger partial charge on any atom is 0.230 e. The highest BCUT2D eigenvalue weighted by Crippen LogP contribution is 2.21. The van der Waals surface area contributed by atoms with Gasteiger partial charge in [-0.05, 0) is 43.7 Å². The van der Waals surface area contributed by atoms with Crippen molar-refractivity contribution in [3.63, 3.8) is 0 Å². The van der Waals surface area contributed by atoms with Crippen LogP contribution in [0.3, 0.4) is 0 Å². The van der Waals surface area contributed by atoms with Gasteiger partial charge in [0, 0.05) is 18.0 Å². The van der Waals surface area contributed by atoms with Gasteiger partial charge in [-0.15, -0.1) is 11.8 Å². The van der Waals surface area contributed by atoms with Gasteiger partial charge in [0.25, 0.3) is 0 Å². The van der Waals surface area contributed by atoms with Gasteiger partial charge >= 0.3 is 0 Å². The average Bonchev–Trinajstić information content (AvgIpc) is 2.37. The van der Waals surface area contributed by atoms with E-state index >= 15 is 0 Å². The van der Waals surface area contributed by atoms with Crippen LogP contribution in [0.5, 0.6) is 0 Å². The molecule has 1 aromatic rings. The van der Waals surface area contributed by atoms with Crippen LogP contribution in [0, 0.1) is 6.92 Å². The summed E-state index contributed by atoms with van der Waals surface area (Å²) >= 11 is 1.59. The predicted molar refractivity (Wildman–Crippen MR) is 78.0 cm³/mol. The van der Waals surface area contributed by atoms with E-state index < -0.39 is 0 Å². The quantitative estimate of drug-likeness (QED) is 0.744. The van der Waals surface area contributed by atoms with Gasteiger partial charge in [-0.25, -0.2) is 0 Å². The maximum absolute atomic E-state index is 11.5. The minimum Gasteiger partial charge on any atom is -0.355 e. The van der Waals surface area contributed by atoms with Crippen molar-refractivity contribution >= 4 is 17.7 Å². The van der Waals surface area contributed by atoms with Gasteiger partial charge in [0.2, 0.25) is 5.91 Å². The summed E-state index contributed by atoms with van der Waals surface area (Å²) < 4.78 is 0. The standard InChI is InChI=1S/C14H22N2OS/c1-4-7-16-14(17)10-18-13-6-5-12(9-15-3)11(2)8-13/h5-6,8,15H,4,7,9-10H2,1-3H3,(H,16,17). The lowest BCUT2D eigenvalue weighted by atomic mass is 10.1. The second-order valence-corrected chi connectivity index (χ2v) is 5.31. The number of amides is 1. The van der Waals surface area contributed by atoms with E-state index in [2.05, 4.69) is 42.7 Å². The Morgan fingerprint density at radius 2 is 2.17 bits per heavy atom. The normalized spacial score (nSPS) is 10.4. The van der Waals surface area contributed by atoms with Gasteiger partial charge in [-0.2, -0.15) is 0 Å². The van der Waals surface area contributed by atoms with Crippen molar-refractivity contribution in [3.05, 3.63) is 29.3 Å². The molecule has 1 aromatic carbocycles. The zero-order chi connectivity index (χ0) is 13.4. The van der Waals surface area contributed by atoms with Crippen LogP contribution in [0.1, 0.15) is 24.5 Å². The predicted octanol–water partition coefficient (Wildman–Crippen LogP) is 2.33. The highest BCUT2D eigenvalue weighted by Gasteiger charge is 2.03. The van der Waals surface area contributed by atoms with E-state index in [4.69, 9.17) is 0 Å². The smallest absolute Gasteiger partial charge is 0.230 e. The molecule has 0 saturated heterocycles. The zero-order valence-electron chi connectivity index (χ0n) is 11.4. The van der Waals surface area contributed by atoms with E-state index in [1.165, 1.54) is 11.1 Å². The molecule has 0 aromatic heterocycles. The van der Waals surface area contributed by atoms with E-state index in [0.29, 0.717) is 5.75 Å². The molecule has 2 N–H and O–H groups in total. The molecule has 4 heteroatoms. The van der Waals surface area contributed by atoms with Crippen molar-refractivity contribution in [3.8, 4) is 0 Å². The first kappa shape index (κ1) is 15.1. The van der Waals surface area contributed by atoms with E-state index in [1.807, 2.05) is 7.05 Å². The van der Waals surface area contributed by atoms with Crippen LogP contribution < -0.4 is 10.6 Å². The highest BCUT2D eigenvalue weighted by atomic mass is 32.2. The second kappa shape index (κ2) is 8.16. The number of aryl methyl sites for hydroxylation is 1. The Balaban J connectivity index is 2.48. The molecule has 100 valence electrons. The van der Waals surface area contributed by atoms with Gasteiger partial charge in [0.05, 0.1) is 5.75 Å². The van der Waals surface area contributed by atoms with E-state index in [9.17, 15) is 4.79 Å². The molecule has 1 amide bonds. The van der Waals surface area contributed by atoms with E-state index in [1.54, 1.807) is 11.8 Å². The number of nitrogens with one attached hydrogen (secondary N) is 2. The SMILES string of the molecule is CCCNC(=O)CSc1ccc(CNC)c(C)c1. The van der Waals surface area contributed by atoms with Crippen molar-refractivity contribution in [2.45, 2.75) is 31.7 Å². The first-order valence-corrected chi connectivity index (χ1v) is 7.29. The fourth-order valence-electron chi connectivity index (χ4n) is 1.61. The first-order chi connectivity index (χ1) is 8.67. The molecule has 3 nitrogen and oxygen atoms in total. The summed E-state index contributed by atoms with van der Waals surface area (Å²) in [5, 5.41) is 6.03. The van der Waals surface area contributed by atoms with Gasteiger partial charge < -0.3 is 10.6 Å². The molecule has 0 heterocycles. The molecule has 0 atom stereocenters. The van der Waals surface area contributed by atoms with Crippen LogP contribution in [0.4, 0.5) is 0 Å². The average molecular weight is 266 g/mol. The Bertz CT molecular complexity index is 393. The molecule has 18 heavy (non-hydrogen) atoms. The molecule has 0 radical (unpaired) electrons. The molecular weight excluding hydrogens is 244 g/mol. The fourth-order valence-corrected chi connectivity index (χ4v) is 2.44. The summed E-state index contributed by atoms with van der Waals surface area (Å²) in [6, 6.07) is 6.35. The lowest BCUT2D eigenvalue weighted by Gasteiger charge is -2.08. The lowest BCUT2D eigenvalue weighted by molar-refractivity contribution is -0.118. The topological polar surface area (TPSA) is 41.1 Å². The Hall–Kier alpha value is -1.00. The number of carbonyl (C=O) groups excluding carboxylic acids is 1. The van der Waals surface area contributed by atoms with E-state index in [0.717, 1.165) is 24.4 Å². The third-order valence-electron chi connectivity index (χ3n) is 2.62. The molecular formula is C14H22N2OS. The maximum atomic E-state index is 11.5. The van der Waals surface area contributed by atoms with Gasteiger partial charge in [-0.1, -0.05) is 13.0 Å². The molecule has 0 aliphatic rings. The third kappa shape index (κ3) is 5.10. The van der Waals surface area contributed by atoms with Gasteiger partial charge in [-0.3, -0.25) is 4.79 Å². The second-order valence-electron chi connectivity index (χ2n) is 4.26. The van der Waals surface area contributed by atoms with E-state index in [-0.39, 0.29) is 5.91 Å². The Morgan fingerprint density at radius 3 is 2.78 bits per heavy atom. The molecule has 1 rings (SSSR count). The van der Waals surface area contributed by atoms with Crippen LogP contribution >= 0.6 is 11.8 Å². The molecule has 0 aliphatic carbocycles. The largest absolute Gasteiger partial charge is 0.355 e. The summed E-state index contributed by atoms with van der Waals surface area (Å²) in [6.45, 7) is 5.80. The molecule has 0 saturated carbocycles.